The van der Waals surface area contributed by atoms with Gasteiger partial charge in [0.25, 0.3) is 11.9 Å². The fraction of sp³-hybridized carbons (Fsp3) is 0.350. The summed E-state index contributed by atoms with van der Waals surface area (Å²) in [5.74, 6) is 0.854. The molecule has 0 radical (unpaired) electrons. The van der Waals surface area contributed by atoms with Crippen molar-refractivity contribution >= 4 is 28.6 Å². The van der Waals surface area contributed by atoms with Crippen molar-refractivity contribution in [2.24, 2.45) is 7.05 Å². The highest BCUT2D eigenvalue weighted by atomic mass is 16.5. The maximum absolute atomic E-state index is 13.0. The van der Waals surface area contributed by atoms with Crippen LogP contribution in [0.15, 0.2) is 30.3 Å². The molecule has 27 heavy (non-hydrogen) atoms. The number of carbonyl (C=O) groups is 1. The lowest BCUT2D eigenvalue weighted by Crippen LogP contribution is -2.37. The average Bonchev–Trinajstić information content (AvgIpc) is 3.02. The zero-order chi connectivity index (χ0) is 19.0. The molecule has 1 saturated heterocycles. The smallest absolute Gasteiger partial charge is 0.258 e. The lowest BCUT2D eigenvalue weighted by atomic mass is 9.98. The highest BCUT2D eigenvalue weighted by Gasteiger charge is 2.20. The van der Waals surface area contributed by atoms with Crippen LogP contribution in [0.1, 0.15) is 21.5 Å². The van der Waals surface area contributed by atoms with Gasteiger partial charge in [0, 0.05) is 20.1 Å². The molecule has 1 aliphatic rings. The van der Waals surface area contributed by atoms with Crippen LogP contribution >= 0.6 is 0 Å². The Kier molecular flexibility index (Phi) is 4.53. The molecule has 1 N–H and O–H groups in total. The third-order valence-corrected chi connectivity index (χ3v) is 4.87. The summed E-state index contributed by atoms with van der Waals surface area (Å²) in [6.07, 6.45) is 0. The van der Waals surface area contributed by atoms with Gasteiger partial charge in [0.2, 0.25) is 5.95 Å². The van der Waals surface area contributed by atoms with E-state index in [9.17, 15) is 4.79 Å². The topological polar surface area (TPSA) is 72.3 Å². The Balaban J connectivity index is 1.63. The van der Waals surface area contributed by atoms with E-state index in [0.29, 0.717) is 24.7 Å². The molecule has 0 spiro atoms. The number of amides is 1. The first-order valence-corrected chi connectivity index (χ1v) is 9.08. The lowest BCUT2D eigenvalue weighted by Gasteiger charge is -2.26. The number of aromatic nitrogens is 3. The maximum atomic E-state index is 13.0. The number of aryl methyl sites for hydroxylation is 3. The second kappa shape index (κ2) is 7.00. The number of rotatable bonds is 3. The first kappa shape index (κ1) is 17.5. The number of morpholine rings is 1. The van der Waals surface area contributed by atoms with Gasteiger partial charge < -0.3 is 9.64 Å². The highest BCUT2D eigenvalue weighted by Crippen LogP contribution is 2.24. The zero-order valence-corrected chi connectivity index (χ0v) is 15.8. The molecule has 1 amide bonds. The molecule has 0 unspecified atom stereocenters. The minimum absolute atomic E-state index is 0.193. The van der Waals surface area contributed by atoms with E-state index in [1.54, 1.807) is 4.68 Å². The lowest BCUT2D eigenvalue weighted by molar-refractivity contribution is 0.102. The van der Waals surface area contributed by atoms with E-state index < -0.39 is 0 Å². The second-order valence-corrected chi connectivity index (χ2v) is 6.89. The summed E-state index contributed by atoms with van der Waals surface area (Å²) < 4.78 is 7.08. The van der Waals surface area contributed by atoms with Gasteiger partial charge in [-0.15, -0.1) is 5.10 Å². The summed E-state index contributed by atoms with van der Waals surface area (Å²) in [6, 6.07) is 10.1. The first-order valence-electron chi connectivity index (χ1n) is 9.08. The Morgan fingerprint density at radius 2 is 1.93 bits per heavy atom. The van der Waals surface area contributed by atoms with Crippen molar-refractivity contribution in [3.8, 4) is 0 Å². The molecule has 0 bridgehead atoms. The molecule has 7 heteroatoms. The molecular weight excluding hydrogens is 342 g/mol. The number of nitrogens with zero attached hydrogens (tertiary/aromatic N) is 4. The van der Waals surface area contributed by atoms with Crippen molar-refractivity contribution in [1.29, 1.82) is 0 Å². The van der Waals surface area contributed by atoms with Gasteiger partial charge in [-0.1, -0.05) is 35.9 Å². The van der Waals surface area contributed by atoms with Crippen LogP contribution in [0.4, 0.5) is 11.9 Å². The molecule has 1 aromatic heterocycles. The van der Waals surface area contributed by atoms with Crippen LogP contribution in [0.25, 0.3) is 10.8 Å². The van der Waals surface area contributed by atoms with Gasteiger partial charge in [0.05, 0.1) is 18.8 Å². The Morgan fingerprint density at radius 1 is 1.15 bits per heavy atom. The van der Waals surface area contributed by atoms with Crippen LogP contribution in [0, 0.1) is 13.8 Å². The van der Waals surface area contributed by atoms with Crippen molar-refractivity contribution < 1.29 is 9.53 Å². The highest BCUT2D eigenvalue weighted by molar-refractivity contribution is 6.13. The minimum Gasteiger partial charge on any atom is -0.378 e. The number of ether oxygens (including phenoxy) is 1. The van der Waals surface area contributed by atoms with Gasteiger partial charge in [-0.2, -0.15) is 4.98 Å². The van der Waals surface area contributed by atoms with Crippen molar-refractivity contribution in [3.63, 3.8) is 0 Å². The van der Waals surface area contributed by atoms with Crippen LogP contribution in [0.5, 0.6) is 0 Å². The molecule has 4 rings (SSSR count). The summed E-state index contributed by atoms with van der Waals surface area (Å²) in [7, 11) is 1.83. The van der Waals surface area contributed by atoms with Gasteiger partial charge in [-0.05, 0) is 30.2 Å². The Morgan fingerprint density at radius 3 is 2.70 bits per heavy atom. The maximum Gasteiger partial charge on any atom is 0.258 e. The monoisotopic (exact) mass is 365 g/mol. The van der Waals surface area contributed by atoms with Crippen LogP contribution in [0.2, 0.25) is 0 Å². The first-order chi connectivity index (χ1) is 13.0. The number of benzene rings is 2. The molecule has 1 fully saturated rings. The van der Waals surface area contributed by atoms with E-state index >= 15 is 0 Å². The fourth-order valence-corrected chi connectivity index (χ4v) is 3.49. The van der Waals surface area contributed by atoms with E-state index in [2.05, 4.69) is 26.4 Å². The predicted octanol–water partition coefficient (Wildman–Crippen LogP) is 2.67. The summed E-state index contributed by atoms with van der Waals surface area (Å²) in [6.45, 7) is 6.86. The normalized spacial score (nSPS) is 14.6. The van der Waals surface area contributed by atoms with Crippen LogP contribution in [-0.4, -0.2) is 47.0 Å². The predicted molar refractivity (Wildman–Crippen MR) is 105 cm³/mol. The van der Waals surface area contributed by atoms with E-state index in [-0.39, 0.29) is 5.91 Å². The molecule has 3 aromatic rings. The van der Waals surface area contributed by atoms with Crippen LogP contribution in [-0.2, 0) is 11.8 Å². The van der Waals surface area contributed by atoms with E-state index in [1.165, 1.54) is 5.56 Å². The molecule has 2 heterocycles. The number of anilines is 2. The molecular formula is C20H23N5O2. The molecule has 1 aliphatic heterocycles. The van der Waals surface area contributed by atoms with E-state index in [0.717, 1.165) is 35.4 Å². The number of hydrogen-bond donors (Lipinski definition) is 1. The molecule has 0 saturated carbocycles. The number of fused-ring (bicyclic) bond motifs is 1. The van der Waals surface area contributed by atoms with Gasteiger partial charge in [-0.3, -0.25) is 10.1 Å². The molecule has 0 aliphatic carbocycles. The molecule has 2 aromatic carbocycles. The summed E-state index contributed by atoms with van der Waals surface area (Å²) in [5, 5.41) is 9.22. The van der Waals surface area contributed by atoms with Crippen molar-refractivity contribution in [3.05, 3.63) is 47.0 Å². The second-order valence-electron chi connectivity index (χ2n) is 6.89. The Labute approximate surface area is 157 Å². The summed E-state index contributed by atoms with van der Waals surface area (Å²) in [5.41, 5.74) is 2.75. The van der Waals surface area contributed by atoms with Gasteiger partial charge >= 0.3 is 0 Å². The van der Waals surface area contributed by atoms with Crippen LogP contribution in [0.3, 0.4) is 0 Å². The third-order valence-electron chi connectivity index (χ3n) is 4.87. The van der Waals surface area contributed by atoms with Crippen molar-refractivity contribution in [2.75, 3.05) is 36.5 Å². The van der Waals surface area contributed by atoms with E-state index in [1.807, 2.05) is 45.2 Å². The average molecular weight is 365 g/mol. The number of hydrogen-bond acceptors (Lipinski definition) is 5. The van der Waals surface area contributed by atoms with Crippen LogP contribution < -0.4 is 10.2 Å². The molecule has 0 atom stereocenters. The van der Waals surface area contributed by atoms with Crippen molar-refractivity contribution in [1.82, 2.24) is 14.8 Å². The fourth-order valence-electron chi connectivity index (χ4n) is 3.49. The third kappa shape index (κ3) is 3.38. The SMILES string of the molecule is Cc1ccc2c(C(=O)Nc3nc(N4CCOCC4)n(C)n3)c(C)ccc2c1. The summed E-state index contributed by atoms with van der Waals surface area (Å²) >= 11 is 0. The standard InChI is InChI=1S/C20H23N5O2/c1-13-4-7-16-15(12-13)6-5-14(2)17(16)18(26)21-19-22-20(24(3)23-19)25-8-10-27-11-9-25/h4-7,12H,8-11H2,1-3H3,(H,21,23,26). The quantitative estimate of drug-likeness (QED) is 0.773. The minimum atomic E-state index is -0.193. The van der Waals surface area contributed by atoms with Gasteiger partial charge in [0.1, 0.15) is 0 Å². The molecule has 7 nitrogen and oxygen atoms in total. The number of carbonyl (C=O) groups excluding carboxylic acids is 1. The molecule has 140 valence electrons. The number of nitrogens with one attached hydrogen (secondary N) is 1. The van der Waals surface area contributed by atoms with Crippen molar-refractivity contribution in [2.45, 2.75) is 13.8 Å². The van der Waals surface area contributed by atoms with E-state index in [4.69, 9.17) is 4.74 Å². The largest absolute Gasteiger partial charge is 0.378 e. The Bertz CT molecular complexity index is 1010. The van der Waals surface area contributed by atoms with Gasteiger partial charge in [-0.25, -0.2) is 4.68 Å². The summed E-state index contributed by atoms with van der Waals surface area (Å²) in [4.78, 5) is 19.6. The van der Waals surface area contributed by atoms with Gasteiger partial charge in [0.15, 0.2) is 0 Å². The Hall–Kier alpha value is -2.93. The zero-order valence-electron chi connectivity index (χ0n) is 15.8.